The van der Waals surface area contributed by atoms with Gasteiger partial charge in [-0.15, -0.1) is 0 Å². The molecule has 1 saturated carbocycles. The molecule has 46 heavy (non-hydrogen) atoms. The van der Waals surface area contributed by atoms with E-state index in [4.69, 9.17) is 9.47 Å². The van der Waals surface area contributed by atoms with E-state index < -0.39 is 39.0 Å². The highest BCUT2D eigenvalue weighted by Crippen LogP contribution is 2.38. The highest BCUT2D eigenvalue weighted by molar-refractivity contribution is 7.89. The number of imide groups is 1. The van der Waals surface area contributed by atoms with Gasteiger partial charge in [-0.3, -0.25) is 0 Å². The Balaban J connectivity index is 1.86. The molecular formula is C32H48N6O7S. The lowest BCUT2D eigenvalue weighted by Crippen LogP contribution is -2.60. The van der Waals surface area contributed by atoms with Crippen LogP contribution in [-0.2, 0) is 19.5 Å². The Labute approximate surface area is 272 Å². The number of aromatic nitrogens is 1. The molecule has 1 aromatic heterocycles. The number of benzene rings is 1. The average molecular weight is 661 g/mol. The lowest BCUT2D eigenvalue weighted by Gasteiger charge is -2.46. The number of hydrogen-bond acceptors (Lipinski definition) is 9. The maximum atomic E-state index is 13.7. The summed E-state index contributed by atoms with van der Waals surface area (Å²) in [5.74, 6) is -0.0817. The fourth-order valence-corrected chi connectivity index (χ4v) is 6.90. The lowest BCUT2D eigenvalue weighted by atomic mass is 10.1. The lowest BCUT2D eigenvalue weighted by molar-refractivity contribution is 0.0429. The molecule has 0 radical (unpaired) electrons. The maximum Gasteiger partial charge on any atom is 0.425 e. The number of amides is 4. The van der Waals surface area contributed by atoms with Gasteiger partial charge in [-0.2, -0.15) is 4.90 Å². The van der Waals surface area contributed by atoms with Crippen molar-refractivity contribution in [3.05, 3.63) is 24.3 Å². The number of ether oxygens (including phenoxy) is 2. The fourth-order valence-electron chi connectivity index (χ4n) is 5.40. The Hall–Kier alpha value is -3.65. The molecule has 1 saturated heterocycles. The Morgan fingerprint density at radius 1 is 0.935 bits per heavy atom. The van der Waals surface area contributed by atoms with Crippen LogP contribution in [0.5, 0.6) is 0 Å². The summed E-state index contributed by atoms with van der Waals surface area (Å²) < 4.78 is 41.2. The smallest absolute Gasteiger partial charge is 0.425 e. The number of fused-ring (bicyclic) bond motifs is 1. The van der Waals surface area contributed by atoms with Crippen LogP contribution in [0.25, 0.3) is 10.9 Å². The van der Waals surface area contributed by atoms with Gasteiger partial charge in [0.05, 0.1) is 10.4 Å². The van der Waals surface area contributed by atoms with E-state index in [-0.39, 0.29) is 34.3 Å². The van der Waals surface area contributed by atoms with Crippen LogP contribution >= 0.6 is 0 Å². The van der Waals surface area contributed by atoms with Gasteiger partial charge in [0.1, 0.15) is 17.0 Å². The Bertz CT molecular complexity index is 1590. The van der Waals surface area contributed by atoms with E-state index in [9.17, 15) is 22.8 Å². The first-order valence-electron chi connectivity index (χ1n) is 15.5. The van der Waals surface area contributed by atoms with Gasteiger partial charge in [0.15, 0.2) is 0 Å². The van der Waals surface area contributed by atoms with E-state index in [0.29, 0.717) is 24.2 Å². The van der Waals surface area contributed by atoms with Gasteiger partial charge in [0.2, 0.25) is 10.0 Å². The molecule has 14 heteroatoms. The van der Waals surface area contributed by atoms with Crippen molar-refractivity contribution in [2.24, 2.45) is 0 Å². The zero-order valence-electron chi connectivity index (χ0n) is 28.8. The SMILES string of the molecule is C[C@H]1CN(c2cc(S(=O)(=O)NC3(C)CC3)cc3nc(N(C(=O)OC(C)(C)C)C(=O)OC(C)(C)C)ccc23)C[C@H](C)N1C(=O)N(C)C. The van der Waals surface area contributed by atoms with Crippen molar-refractivity contribution in [1.29, 1.82) is 0 Å². The van der Waals surface area contributed by atoms with E-state index in [1.807, 2.05) is 25.7 Å². The van der Waals surface area contributed by atoms with Crippen molar-refractivity contribution < 1.29 is 32.3 Å². The number of carbonyl (C=O) groups excluding carboxylic acids is 3. The summed E-state index contributed by atoms with van der Waals surface area (Å²) in [6, 6.07) is 5.82. The number of sulfonamides is 1. The van der Waals surface area contributed by atoms with Crippen LogP contribution in [0, 0.1) is 0 Å². The molecule has 0 unspecified atom stereocenters. The first kappa shape index (κ1) is 35.2. The number of hydrogen-bond donors (Lipinski definition) is 1. The van der Waals surface area contributed by atoms with Crippen LogP contribution in [0.2, 0.25) is 0 Å². The molecule has 2 heterocycles. The molecule has 1 aliphatic carbocycles. The topological polar surface area (TPSA) is 142 Å². The van der Waals surface area contributed by atoms with Crippen LogP contribution in [-0.4, -0.2) is 97.4 Å². The van der Waals surface area contributed by atoms with Gasteiger partial charge in [-0.05, 0) is 99.4 Å². The van der Waals surface area contributed by atoms with Crippen LogP contribution in [0.1, 0.15) is 75.2 Å². The normalized spacial score (nSPS) is 19.9. The quantitative estimate of drug-likeness (QED) is 0.451. The highest BCUT2D eigenvalue weighted by Gasteiger charge is 2.42. The molecule has 2 atom stereocenters. The number of rotatable bonds is 5. The minimum absolute atomic E-state index is 0.000893. The van der Waals surface area contributed by atoms with Crippen molar-refractivity contribution in [3.8, 4) is 0 Å². The third-order valence-corrected chi connectivity index (χ3v) is 9.30. The number of nitrogens with one attached hydrogen (secondary N) is 1. The summed E-state index contributed by atoms with van der Waals surface area (Å²) in [6.07, 6.45) is -0.505. The Morgan fingerprint density at radius 3 is 1.91 bits per heavy atom. The second-order valence-electron chi connectivity index (χ2n) is 14.8. The van der Waals surface area contributed by atoms with Gasteiger partial charge < -0.3 is 24.2 Å². The molecule has 1 N–H and O–H groups in total. The third kappa shape index (κ3) is 8.00. The molecule has 0 bridgehead atoms. The predicted molar refractivity (Wildman–Crippen MR) is 177 cm³/mol. The van der Waals surface area contributed by atoms with Crippen LogP contribution in [0.15, 0.2) is 29.2 Å². The number of urea groups is 1. The predicted octanol–water partition coefficient (Wildman–Crippen LogP) is 5.32. The zero-order valence-corrected chi connectivity index (χ0v) is 29.6. The summed E-state index contributed by atoms with van der Waals surface area (Å²) in [6.45, 7) is 16.7. The molecule has 1 aliphatic heterocycles. The highest BCUT2D eigenvalue weighted by atomic mass is 32.2. The maximum absolute atomic E-state index is 13.7. The molecule has 4 rings (SSSR count). The van der Waals surface area contributed by atoms with Gasteiger partial charge >= 0.3 is 18.2 Å². The summed E-state index contributed by atoms with van der Waals surface area (Å²) >= 11 is 0. The van der Waals surface area contributed by atoms with Gasteiger partial charge in [-0.25, -0.2) is 32.5 Å². The number of nitrogens with zero attached hydrogens (tertiary/aromatic N) is 5. The van der Waals surface area contributed by atoms with Gasteiger partial charge in [-0.1, -0.05) is 0 Å². The van der Waals surface area contributed by atoms with Crippen molar-refractivity contribution in [2.45, 2.75) is 109 Å². The Kier molecular flexibility index (Phi) is 9.32. The Morgan fingerprint density at radius 2 is 1.46 bits per heavy atom. The van der Waals surface area contributed by atoms with Crippen LogP contribution in [0.3, 0.4) is 0 Å². The van der Waals surface area contributed by atoms with Crippen LogP contribution in [0.4, 0.5) is 25.9 Å². The first-order valence-corrected chi connectivity index (χ1v) is 17.0. The summed E-state index contributed by atoms with van der Waals surface area (Å²) in [5, 5.41) is 0.612. The van der Waals surface area contributed by atoms with Crippen molar-refractivity contribution >= 4 is 50.6 Å². The second kappa shape index (κ2) is 12.2. The van der Waals surface area contributed by atoms with Crippen molar-refractivity contribution in [3.63, 3.8) is 0 Å². The van der Waals surface area contributed by atoms with Gasteiger partial charge in [0, 0.05) is 55.9 Å². The molecule has 4 amide bonds. The zero-order chi connectivity index (χ0) is 34.6. The molecule has 2 aliphatic rings. The number of pyridine rings is 1. The fraction of sp³-hybridized carbons (Fsp3) is 0.625. The average Bonchev–Trinajstić information content (AvgIpc) is 3.60. The van der Waals surface area contributed by atoms with E-state index in [0.717, 1.165) is 17.7 Å². The first-order chi connectivity index (χ1) is 21.0. The monoisotopic (exact) mass is 660 g/mol. The summed E-state index contributed by atoms with van der Waals surface area (Å²) in [5.41, 5.74) is -1.50. The minimum Gasteiger partial charge on any atom is -0.443 e. The van der Waals surface area contributed by atoms with E-state index in [1.165, 1.54) is 12.1 Å². The molecule has 2 fully saturated rings. The van der Waals surface area contributed by atoms with Crippen molar-refractivity contribution in [1.82, 2.24) is 19.5 Å². The minimum atomic E-state index is -3.97. The molecular weight excluding hydrogens is 612 g/mol. The van der Waals surface area contributed by atoms with Gasteiger partial charge in [0.25, 0.3) is 0 Å². The third-order valence-electron chi connectivity index (χ3n) is 7.68. The second-order valence-corrected chi connectivity index (χ2v) is 16.5. The molecule has 1 aromatic carbocycles. The van der Waals surface area contributed by atoms with Crippen LogP contribution < -0.4 is 14.5 Å². The number of anilines is 2. The standard InChI is InChI=1S/C32H48N6O7S/c1-20-18-36(19-21(2)37(20)27(39)35(10)11)25-17-22(46(42,43)34-32(9)14-15-32)16-24-23(25)12-13-26(33-24)38(28(40)44-30(3,4)5)29(41)45-31(6,7)8/h12-13,16-17,20-21,34H,14-15,18-19H2,1-11H3/t20-,21-/m0/s1. The van der Waals surface area contributed by atoms with E-state index in [2.05, 4.69) is 14.6 Å². The van der Waals surface area contributed by atoms with Crippen molar-refractivity contribution in [2.75, 3.05) is 37.0 Å². The summed E-state index contributed by atoms with van der Waals surface area (Å²) in [7, 11) is -0.544. The van der Waals surface area contributed by atoms with E-state index in [1.54, 1.807) is 72.7 Å². The molecule has 2 aromatic rings. The summed E-state index contributed by atoms with van der Waals surface area (Å²) in [4.78, 5) is 50.4. The largest absolute Gasteiger partial charge is 0.443 e. The molecule has 13 nitrogen and oxygen atoms in total. The number of carbonyl (C=O) groups is 3. The van der Waals surface area contributed by atoms with E-state index >= 15 is 0 Å². The number of piperazine rings is 1. The molecule has 0 spiro atoms. The molecule has 254 valence electrons.